The van der Waals surface area contributed by atoms with E-state index in [1.165, 1.54) is 19.1 Å². The van der Waals surface area contributed by atoms with E-state index in [9.17, 15) is 18.0 Å². The van der Waals surface area contributed by atoms with Crippen molar-refractivity contribution >= 4 is 28.1 Å². The highest BCUT2D eigenvalue weighted by molar-refractivity contribution is 5.99. The number of halogens is 3. The highest BCUT2D eigenvalue weighted by Crippen LogP contribution is 2.33. The number of fused-ring (bicyclic) bond motifs is 1. The molecular formula is C17H12F3NO2. The summed E-state index contributed by atoms with van der Waals surface area (Å²) in [4.78, 5) is 11.4. The number of ketones is 1. The Morgan fingerprint density at radius 1 is 1.09 bits per heavy atom. The molecule has 1 aromatic heterocycles. The minimum absolute atomic E-state index is 0.207. The summed E-state index contributed by atoms with van der Waals surface area (Å²) in [6.45, 7) is 1.39. The maximum Gasteiger partial charge on any atom is 0.416 e. The standard InChI is InChI=1S/C17H12F3NO2/c1-10(22)15-8-11-4-2-7-14(16(11)23-15)21-13-6-3-5-12(9-13)17(18,19)20/h2-9,21H,1H3. The number of rotatable bonds is 3. The number of Topliss-reactive ketones (excluding diaryl/α,β-unsaturated/α-hetero) is 1. The predicted molar refractivity (Wildman–Crippen MR) is 80.9 cm³/mol. The Balaban J connectivity index is 2.00. The van der Waals surface area contributed by atoms with Crippen molar-refractivity contribution in [3.63, 3.8) is 0 Å². The van der Waals surface area contributed by atoms with Crippen LogP contribution in [0.4, 0.5) is 24.5 Å². The van der Waals surface area contributed by atoms with Gasteiger partial charge in [0.05, 0.1) is 11.3 Å². The van der Waals surface area contributed by atoms with Gasteiger partial charge in [-0.05, 0) is 30.3 Å². The molecule has 3 rings (SSSR count). The van der Waals surface area contributed by atoms with Crippen LogP contribution in [0.5, 0.6) is 0 Å². The normalized spacial score (nSPS) is 11.7. The fourth-order valence-corrected chi connectivity index (χ4v) is 2.26. The average Bonchev–Trinajstić information content (AvgIpc) is 2.92. The molecule has 118 valence electrons. The third-order valence-electron chi connectivity index (χ3n) is 3.36. The van der Waals surface area contributed by atoms with Gasteiger partial charge in [0.1, 0.15) is 0 Å². The molecule has 0 fully saturated rings. The fraction of sp³-hybridized carbons (Fsp3) is 0.118. The zero-order chi connectivity index (χ0) is 16.6. The Morgan fingerprint density at radius 2 is 1.83 bits per heavy atom. The minimum atomic E-state index is -4.41. The quantitative estimate of drug-likeness (QED) is 0.657. The predicted octanol–water partition coefficient (Wildman–Crippen LogP) is 5.40. The smallest absolute Gasteiger partial charge is 0.416 e. The Morgan fingerprint density at radius 3 is 2.52 bits per heavy atom. The number of carbonyl (C=O) groups is 1. The van der Waals surface area contributed by atoms with Gasteiger partial charge in [-0.3, -0.25) is 4.79 Å². The van der Waals surface area contributed by atoms with Crippen LogP contribution in [-0.2, 0) is 6.18 Å². The van der Waals surface area contributed by atoms with Crippen molar-refractivity contribution in [2.24, 2.45) is 0 Å². The molecule has 0 bridgehead atoms. The molecule has 1 N–H and O–H groups in total. The van der Waals surface area contributed by atoms with Crippen LogP contribution >= 0.6 is 0 Å². The van der Waals surface area contributed by atoms with Gasteiger partial charge >= 0.3 is 6.18 Å². The van der Waals surface area contributed by atoms with E-state index in [4.69, 9.17) is 4.42 Å². The van der Waals surface area contributed by atoms with Crippen molar-refractivity contribution < 1.29 is 22.4 Å². The molecule has 0 amide bonds. The van der Waals surface area contributed by atoms with Crippen LogP contribution in [0.25, 0.3) is 11.0 Å². The molecule has 0 spiro atoms. The lowest BCUT2D eigenvalue weighted by molar-refractivity contribution is -0.137. The van der Waals surface area contributed by atoms with Crippen LogP contribution in [0.2, 0.25) is 0 Å². The Bertz CT molecular complexity index is 881. The number of alkyl halides is 3. The summed E-state index contributed by atoms with van der Waals surface area (Å²) in [6.07, 6.45) is -4.41. The molecule has 0 unspecified atom stereocenters. The van der Waals surface area contributed by atoms with Gasteiger partial charge in [-0.1, -0.05) is 18.2 Å². The van der Waals surface area contributed by atoms with Gasteiger partial charge in [0.15, 0.2) is 17.1 Å². The second-order valence-corrected chi connectivity index (χ2v) is 5.09. The topological polar surface area (TPSA) is 42.2 Å². The third-order valence-corrected chi connectivity index (χ3v) is 3.36. The molecule has 0 radical (unpaired) electrons. The SMILES string of the molecule is CC(=O)c1cc2cccc(Nc3cccc(C(F)(F)F)c3)c2o1. The van der Waals surface area contributed by atoms with Crippen molar-refractivity contribution in [2.45, 2.75) is 13.1 Å². The molecule has 3 nitrogen and oxygen atoms in total. The highest BCUT2D eigenvalue weighted by atomic mass is 19.4. The lowest BCUT2D eigenvalue weighted by Gasteiger charge is -2.10. The van der Waals surface area contributed by atoms with E-state index < -0.39 is 11.7 Å². The number of carbonyl (C=O) groups excluding carboxylic acids is 1. The van der Waals surface area contributed by atoms with Crippen molar-refractivity contribution in [3.05, 3.63) is 59.9 Å². The summed E-state index contributed by atoms with van der Waals surface area (Å²) in [5.41, 5.74) is 0.469. The summed E-state index contributed by atoms with van der Waals surface area (Å²) in [6, 6.07) is 11.7. The Kier molecular flexibility index (Phi) is 3.60. The van der Waals surface area contributed by atoms with Crippen LogP contribution in [0.3, 0.4) is 0 Å². The van der Waals surface area contributed by atoms with E-state index >= 15 is 0 Å². The lowest BCUT2D eigenvalue weighted by Crippen LogP contribution is -2.05. The van der Waals surface area contributed by atoms with E-state index in [2.05, 4.69) is 5.32 Å². The van der Waals surface area contributed by atoms with E-state index in [0.29, 0.717) is 16.7 Å². The maximum atomic E-state index is 12.8. The third kappa shape index (κ3) is 3.06. The first-order chi connectivity index (χ1) is 10.8. The largest absolute Gasteiger partial charge is 0.451 e. The minimum Gasteiger partial charge on any atom is -0.451 e. The number of nitrogens with one attached hydrogen (secondary N) is 1. The second-order valence-electron chi connectivity index (χ2n) is 5.09. The summed E-state index contributed by atoms with van der Waals surface area (Å²) in [5.74, 6) is -0.00971. The molecule has 1 heterocycles. The molecule has 3 aromatic rings. The van der Waals surface area contributed by atoms with Crippen LogP contribution < -0.4 is 5.32 Å². The molecule has 23 heavy (non-hydrogen) atoms. The maximum absolute atomic E-state index is 12.8. The summed E-state index contributed by atoms with van der Waals surface area (Å²) in [7, 11) is 0. The van der Waals surface area contributed by atoms with E-state index in [-0.39, 0.29) is 17.2 Å². The van der Waals surface area contributed by atoms with Crippen molar-refractivity contribution in [1.29, 1.82) is 0 Å². The fourth-order valence-electron chi connectivity index (χ4n) is 2.26. The van der Waals surface area contributed by atoms with Gasteiger partial charge in [0, 0.05) is 18.0 Å². The van der Waals surface area contributed by atoms with Crippen LogP contribution in [-0.4, -0.2) is 5.78 Å². The molecule has 0 aliphatic carbocycles. The number of hydrogen-bond donors (Lipinski definition) is 1. The summed E-state index contributed by atoms with van der Waals surface area (Å²) >= 11 is 0. The Labute approximate surface area is 129 Å². The van der Waals surface area contributed by atoms with Crippen LogP contribution in [0.1, 0.15) is 23.0 Å². The molecule has 0 aliphatic rings. The summed E-state index contributed by atoms with van der Waals surface area (Å²) in [5, 5.41) is 3.61. The van der Waals surface area contributed by atoms with Crippen molar-refractivity contribution in [2.75, 3.05) is 5.32 Å². The van der Waals surface area contributed by atoms with E-state index in [1.54, 1.807) is 24.3 Å². The monoisotopic (exact) mass is 319 g/mol. The molecule has 6 heteroatoms. The molecule has 0 saturated heterocycles. The molecule has 0 atom stereocenters. The highest BCUT2D eigenvalue weighted by Gasteiger charge is 2.30. The van der Waals surface area contributed by atoms with E-state index in [0.717, 1.165) is 12.1 Å². The van der Waals surface area contributed by atoms with E-state index in [1.807, 2.05) is 0 Å². The number of hydrogen-bond acceptors (Lipinski definition) is 3. The van der Waals surface area contributed by atoms with Gasteiger partial charge < -0.3 is 9.73 Å². The average molecular weight is 319 g/mol. The van der Waals surface area contributed by atoms with Gasteiger partial charge in [-0.15, -0.1) is 0 Å². The molecular weight excluding hydrogens is 307 g/mol. The second kappa shape index (κ2) is 5.46. The first-order valence-corrected chi connectivity index (χ1v) is 6.82. The zero-order valence-corrected chi connectivity index (χ0v) is 12.1. The van der Waals surface area contributed by atoms with Crippen LogP contribution in [0.15, 0.2) is 52.9 Å². The zero-order valence-electron chi connectivity index (χ0n) is 12.1. The number of benzene rings is 2. The van der Waals surface area contributed by atoms with Gasteiger partial charge in [0.2, 0.25) is 0 Å². The number of furan rings is 1. The van der Waals surface area contributed by atoms with Crippen molar-refractivity contribution in [3.8, 4) is 0 Å². The number of anilines is 2. The lowest BCUT2D eigenvalue weighted by atomic mass is 10.1. The van der Waals surface area contributed by atoms with Crippen molar-refractivity contribution in [1.82, 2.24) is 0 Å². The molecule has 0 saturated carbocycles. The van der Waals surface area contributed by atoms with Crippen LogP contribution in [0, 0.1) is 0 Å². The summed E-state index contributed by atoms with van der Waals surface area (Å²) < 4.78 is 43.8. The first kappa shape index (κ1) is 15.1. The van der Waals surface area contributed by atoms with Gasteiger partial charge in [-0.2, -0.15) is 13.2 Å². The first-order valence-electron chi connectivity index (χ1n) is 6.82. The van der Waals surface area contributed by atoms with Gasteiger partial charge in [-0.25, -0.2) is 0 Å². The number of para-hydroxylation sites is 1. The van der Waals surface area contributed by atoms with Gasteiger partial charge in [0.25, 0.3) is 0 Å². The molecule has 2 aromatic carbocycles. The Hall–Kier alpha value is -2.76. The molecule has 0 aliphatic heterocycles.